The molecule has 0 N–H and O–H groups in total. The van der Waals surface area contributed by atoms with Crippen LogP contribution in [0.2, 0.25) is 0 Å². The van der Waals surface area contributed by atoms with Crippen LogP contribution in [0.25, 0.3) is 0 Å². The average Bonchev–Trinajstić information content (AvgIpc) is 3.61. The number of methoxy groups -OCH3 is 1. The quantitative estimate of drug-likeness (QED) is 0.419. The molecule has 0 amide bonds. The van der Waals surface area contributed by atoms with E-state index in [-0.39, 0.29) is 29.6 Å². The van der Waals surface area contributed by atoms with Gasteiger partial charge in [-0.2, -0.15) is 5.06 Å². The fourth-order valence-corrected chi connectivity index (χ4v) is 7.62. The van der Waals surface area contributed by atoms with E-state index >= 15 is 0 Å². The van der Waals surface area contributed by atoms with Gasteiger partial charge in [-0.15, -0.1) is 0 Å². The molecule has 2 saturated carbocycles. The second-order valence-electron chi connectivity index (χ2n) is 11.1. The van der Waals surface area contributed by atoms with E-state index in [1.54, 1.807) is 0 Å². The molecule has 3 saturated heterocycles. The zero-order valence-corrected chi connectivity index (χ0v) is 20.9. The Kier molecular flexibility index (Phi) is 6.65. The Morgan fingerprint density at radius 2 is 1.77 bits per heavy atom. The zero-order chi connectivity index (χ0) is 23.9. The first kappa shape index (κ1) is 23.9. The topological polar surface area (TPSA) is 66.5 Å². The van der Waals surface area contributed by atoms with Crippen LogP contribution in [0.15, 0.2) is 30.3 Å². The standard InChI is InChI=1S/C28H39NO6/c1-31-26(30)24-21-11-5-6-17-29(21)35-25(24)28(16-18-32-19-20-9-3-2-4-10-20)33-22-12-7-14-27(22)15-8-13-23(27)34-28/h2-4,9-10,21-25H,5-8,11-19H2,1H3/t21-,22-,23+,24+,25+,27?,28?/m0/s1. The maximum absolute atomic E-state index is 13.2. The molecule has 2 aliphatic carbocycles. The molecule has 0 radical (unpaired) electrons. The van der Waals surface area contributed by atoms with E-state index in [1.165, 1.54) is 32.8 Å². The highest BCUT2D eigenvalue weighted by atomic mass is 16.8. The van der Waals surface area contributed by atoms with Gasteiger partial charge in [-0.05, 0) is 44.1 Å². The predicted molar refractivity (Wildman–Crippen MR) is 128 cm³/mol. The summed E-state index contributed by atoms with van der Waals surface area (Å²) < 4.78 is 25.5. The lowest BCUT2D eigenvalue weighted by atomic mass is 9.77. The maximum Gasteiger partial charge on any atom is 0.313 e. The highest BCUT2D eigenvalue weighted by molar-refractivity contribution is 5.74. The minimum Gasteiger partial charge on any atom is -0.469 e. The van der Waals surface area contributed by atoms with E-state index in [1.807, 2.05) is 23.3 Å². The summed E-state index contributed by atoms with van der Waals surface area (Å²) in [7, 11) is 1.47. The number of esters is 1. The third kappa shape index (κ3) is 4.13. The molecule has 2 unspecified atom stereocenters. The Morgan fingerprint density at radius 3 is 2.49 bits per heavy atom. The number of carbonyl (C=O) groups is 1. The number of hydrogen-bond acceptors (Lipinski definition) is 7. The molecule has 5 fully saturated rings. The first-order valence-corrected chi connectivity index (χ1v) is 13.6. The highest BCUT2D eigenvalue weighted by Crippen LogP contribution is 2.60. The van der Waals surface area contributed by atoms with Gasteiger partial charge in [0.25, 0.3) is 0 Å². The predicted octanol–water partition coefficient (Wildman–Crippen LogP) is 4.39. The van der Waals surface area contributed by atoms with E-state index in [4.69, 9.17) is 23.8 Å². The van der Waals surface area contributed by atoms with Crippen LogP contribution in [-0.4, -0.2) is 61.4 Å². The molecule has 1 aromatic rings. The highest BCUT2D eigenvalue weighted by Gasteiger charge is 2.66. The van der Waals surface area contributed by atoms with Crippen LogP contribution in [0.3, 0.4) is 0 Å². The molecule has 5 aliphatic rings. The summed E-state index contributed by atoms with van der Waals surface area (Å²) in [5.41, 5.74) is 1.26. The molecule has 192 valence electrons. The van der Waals surface area contributed by atoms with Crippen LogP contribution >= 0.6 is 0 Å². The van der Waals surface area contributed by atoms with Crippen molar-refractivity contribution >= 4 is 5.97 Å². The van der Waals surface area contributed by atoms with Gasteiger partial charge < -0.3 is 18.9 Å². The number of piperidine rings is 1. The van der Waals surface area contributed by atoms with Gasteiger partial charge in [-0.1, -0.05) is 49.6 Å². The first-order valence-electron chi connectivity index (χ1n) is 13.6. The second kappa shape index (κ2) is 9.75. The second-order valence-corrected chi connectivity index (χ2v) is 11.1. The van der Waals surface area contributed by atoms with E-state index in [0.717, 1.165) is 44.2 Å². The largest absolute Gasteiger partial charge is 0.469 e. The molecule has 0 bridgehead atoms. The Bertz CT molecular complexity index is 871. The minimum absolute atomic E-state index is 0.00866. The van der Waals surface area contributed by atoms with Gasteiger partial charge in [-0.25, -0.2) is 0 Å². The van der Waals surface area contributed by atoms with Gasteiger partial charge in [0.2, 0.25) is 0 Å². The van der Waals surface area contributed by atoms with E-state index in [9.17, 15) is 4.79 Å². The Hall–Kier alpha value is -1.51. The van der Waals surface area contributed by atoms with Crippen molar-refractivity contribution in [1.82, 2.24) is 5.06 Å². The smallest absolute Gasteiger partial charge is 0.313 e. The van der Waals surface area contributed by atoms with Crippen molar-refractivity contribution in [2.75, 3.05) is 20.3 Å². The van der Waals surface area contributed by atoms with E-state index < -0.39 is 17.8 Å². The number of hydrogen-bond donors (Lipinski definition) is 0. The average molecular weight is 486 g/mol. The number of nitrogens with zero attached hydrogens (tertiary/aromatic N) is 1. The summed E-state index contributed by atoms with van der Waals surface area (Å²) in [4.78, 5) is 19.7. The molecular weight excluding hydrogens is 446 g/mol. The van der Waals surface area contributed by atoms with Crippen molar-refractivity contribution in [3.8, 4) is 0 Å². The summed E-state index contributed by atoms with van der Waals surface area (Å²) >= 11 is 0. The molecule has 3 heterocycles. The number of benzene rings is 1. The monoisotopic (exact) mass is 485 g/mol. The Balaban J connectivity index is 1.28. The van der Waals surface area contributed by atoms with Crippen molar-refractivity contribution in [2.24, 2.45) is 11.3 Å². The fourth-order valence-electron chi connectivity index (χ4n) is 7.62. The number of ether oxygens (including phenoxy) is 4. The Morgan fingerprint density at radius 1 is 1.03 bits per heavy atom. The van der Waals surface area contributed by atoms with Crippen LogP contribution in [0.4, 0.5) is 0 Å². The van der Waals surface area contributed by atoms with E-state index in [2.05, 4.69) is 12.1 Å². The Labute approximate surface area is 208 Å². The molecule has 1 aromatic carbocycles. The maximum atomic E-state index is 13.2. The number of rotatable bonds is 7. The summed E-state index contributed by atoms with van der Waals surface area (Å²) in [6, 6.07) is 10.2. The van der Waals surface area contributed by atoms with Gasteiger partial charge in [0, 0.05) is 18.4 Å². The lowest BCUT2D eigenvalue weighted by molar-refractivity contribution is -0.397. The third-order valence-electron chi connectivity index (χ3n) is 9.28. The molecule has 35 heavy (non-hydrogen) atoms. The normalized spacial score (nSPS) is 40.8. The zero-order valence-electron chi connectivity index (χ0n) is 20.9. The molecule has 0 aromatic heterocycles. The first-order chi connectivity index (χ1) is 17.2. The summed E-state index contributed by atoms with van der Waals surface area (Å²) in [6.07, 6.45) is 10.2. The van der Waals surface area contributed by atoms with Crippen molar-refractivity contribution in [1.29, 1.82) is 0 Å². The van der Waals surface area contributed by atoms with Crippen LogP contribution in [0.5, 0.6) is 0 Å². The third-order valence-corrected chi connectivity index (χ3v) is 9.28. The van der Waals surface area contributed by atoms with Crippen LogP contribution in [0, 0.1) is 11.3 Å². The van der Waals surface area contributed by atoms with Gasteiger partial charge in [0.15, 0.2) is 5.79 Å². The van der Waals surface area contributed by atoms with Crippen molar-refractivity contribution in [3.05, 3.63) is 35.9 Å². The molecule has 6 rings (SSSR count). The molecule has 3 aliphatic heterocycles. The van der Waals surface area contributed by atoms with Crippen molar-refractivity contribution < 1.29 is 28.6 Å². The minimum atomic E-state index is -1.01. The van der Waals surface area contributed by atoms with E-state index in [0.29, 0.717) is 19.6 Å². The summed E-state index contributed by atoms with van der Waals surface area (Å²) in [5, 5.41) is 2.01. The molecule has 7 atom stereocenters. The lowest BCUT2D eigenvalue weighted by Crippen LogP contribution is -2.63. The summed E-state index contributed by atoms with van der Waals surface area (Å²) in [5.74, 6) is -1.67. The summed E-state index contributed by atoms with van der Waals surface area (Å²) in [6.45, 7) is 1.83. The van der Waals surface area contributed by atoms with Crippen LogP contribution in [-0.2, 0) is 35.2 Å². The molecule has 7 heteroatoms. The number of fused-ring (bicyclic) bond motifs is 1. The molecule has 7 nitrogen and oxygen atoms in total. The SMILES string of the molecule is COC(=O)[C@H]1[C@H](C2(CCOCc3ccccc3)O[C@H]3CCCC34CCC[C@H]4O2)ON2CCCC[C@@H]12. The van der Waals surface area contributed by atoms with Crippen molar-refractivity contribution in [2.45, 2.75) is 101 Å². The van der Waals surface area contributed by atoms with Crippen LogP contribution < -0.4 is 0 Å². The number of hydroxylamine groups is 2. The van der Waals surface area contributed by atoms with Gasteiger partial charge in [-0.3, -0.25) is 9.63 Å². The van der Waals surface area contributed by atoms with Crippen LogP contribution in [0.1, 0.15) is 69.8 Å². The van der Waals surface area contributed by atoms with Gasteiger partial charge in [0.1, 0.15) is 12.0 Å². The van der Waals surface area contributed by atoms with Crippen molar-refractivity contribution in [3.63, 3.8) is 0 Å². The number of carbonyl (C=O) groups excluding carboxylic acids is 1. The van der Waals surface area contributed by atoms with Gasteiger partial charge in [0.05, 0.1) is 38.6 Å². The molecular formula is C28H39NO6. The molecule has 1 spiro atoms. The fraction of sp³-hybridized carbons (Fsp3) is 0.750. The van der Waals surface area contributed by atoms with Gasteiger partial charge >= 0.3 is 5.97 Å². The lowest BCUT2D eigenvalue weighted by Gasteiger charge is -2.53.